The zero-order chi connectivity index (χ0) is 25.2. The Morgan fingerprint density at radius 1 is 0.909 bits per heavy atom. The number of carbonyl (C=O) groups excluding carboxylic acids is 2. The average molecular weight is 499 g/mol. The minimum atomic E-state index is -10.7. The summed E-state index contributed by atoms with van der Waals surface area (Å²) in [5.41, 5.74) is 8.36. The van der Waals surface area contributed by atoms with E-state index in [4.69, 9.17) is 5.73 Å². The van der Waals surface area contributed by atoms with E-state index in [-0.39, 0.29) is 18.4 Å². The van der Waals surface area contributed by atoms with E-state index in [1.54, 1.807) is 19.2 Å². The molecule has 0 aliphatic rings. The predicted octanol–water partition coefficient (Wildman–Crippen LogP) is 2.23. The molecule has 0 aromatic heterocycles. The van der Waals surface area contributed by atoms with Crippen LogP contribution in [0, 0.1) is 0 Å². The molecule has 7 nitrogen and oxygen atoms in total. The minimum absolute atomic E-state index is 0.0734. The number of guanidine groups is 1. The summed E-state index contributed by atoms with van der Waals surface area (Å²) in [4.78, 5) is 26.4. The van der Waals surface area contributed by atoms with Crippen LogP contribution in [0.1, 0.15) is 21.5 Å². The van der Waals surface area contributed by atoms with E-state index < -0.39 is 7.81 Å². The van der Waals surface area contributed by atoms with Crippen LogP contribution in [0.15, 0.2) is 54.6 Å². The van der Waals surface area contributed by atoms with Crippen LogP contribution in [0.3, 0.4) is 0 Å². The molecule has 0 aliphatic heterocycles. The molecule has 0 radical (unpaired) electrons. The van der Waals surface area contributed by atoms with Crippen molar-refractivity contribution in [3.63, 3.8) is 0 Å². The van der Waals surface area contributed by atoms with E-state index in [0.717, 1.165) is 11.1 Å². The Labute approximate surface area is 185 Å². The first kappa shape index (κ1) is 27.7. The van der Waals surface area contributed by atoms with E-state index in [0.29, 0.717) is 24.6 Å². The molecule has 0 heterocycles. The number of carbonyl (C=O) groups is 2. The molecular weight excluding hydrogens is 475 g/mol. The summed E-state index contributed by atoms with van der Waals surface area (Å²) in [6.07, 6.45) is 0. The van der Waals surface area contributed by atoms with Gasteiger partial charge in [0.15, 0.2) is 0 Å². The number of benzene rings is 2. The Morgan fingerprint density at radius 2 is 1.48 bits per heavy atom. The summed E-state index contributed by atoms with van der Waals surface area (Å²) in [7, 11) is -9.07. The van der Waals surface area contributed by atoms with Gasteiger partial charge in [0.05, 0.1) is 6.54 Å². The molecular formula is C19H24F6N5O2P. The number of halogens is 6. The molecule has 2 aromatic carbocycles. The van der Waals surface area contributed by atoms with Crippen molar-refractivity contribution >= 4 is 25.6 Å². The summed E-state index contributed by atoms with van der Waals surface area (Å²) < 4.78 is 59.2. The van der Waals surface area contributed by atoms with Crippen molar-refractivity contribution in [3.8, 4) is 0 Å². The molecule has 2 rings (SSSR count). The first-order valence-electron chi connectivity index (χ1n) is 9.31. The summed E-state index contributed by atoms with van der Waals surface area (Å²) in [5, 5.41) is 8.23. The van der Waals surface area contributed by atoms with Gasteiger partial charge >= 0.3 is 38.9 Å². The summed E-state index contributed by atoms with van der Waals surface area (Å²) in [6, 6.07) is 16.9. The van der Waals surface area contributed by atoms with E-state index in [9.17, 15) is 34.8 Å². The molecule has 14 heteroatoms. The number of nitrogens with two attached hydrogens (primary N) is 1. The van der Waals surface area contributed by atoms with Gasteiger partial charge in [-0.1, -0.05) is 42.5 Å². The summed E-state index contributed by atoms with van der Waals surface area (Å²) in [6.45, 7) is 0.986. The predicted molar refractivity (Wildman–Crippen MR) is 114 cm³/mol. The number of hydrogen-bond acceptors (Lipinski definition) is 2. The molecule has 2 amide bonds. The molecule has 0 unspecified atom stereocenters. The van der Waals surface area contributed by atoms with Crippen LogP contribution in [0.25, 0.3) is 0 Å². The molecule has 6 N–H and O–H groups in total. The fraction of sp³-hybridized carbons (Fsp3) is 0.211. The van der Waals surface area contributed by atoms with Crippen molar-refractivity contribution < 1.29 is 39.8 Å². The van der Waals surface area contributed by atoms with Gasteiger partial charge in [-0.2, -0.15) is 0 Å². The van der Waals surface area contributed by atoms with E-state index >= 15 is 0 Å². The molecule has 0 atom stereocenters. The van der Waals surface area contributed by atoms with Crippen molar-refractivity contribution in [2.45, 2.75) is 13.1 Å². The first-order chi connectivity index (χ1) is 15.0. The molecule has 0 saturated heterocycles. The molecule has 0 fully saturated rings. The monoisotopic (exact) mass is 499 g/mol. The third kappa shape index (κ3) is 16.0. The fourth-order valence-corrected chi connectivity index (χ4v) is 2.26. The maximum atomic E-state index is 11.8. The quantitative estimate of drug-likeness (QED) is 0.174. The third-order valence-electron chi connectivity index (χ3n) is 3.67. The van der Waals surface area contributed by atoms with E-state index in [2.05, 4.69) is 20.9 Å². The third-order valence-corrected chi connectivity index (χ3v) is 3.67. The second kappa shape index (κ2) is 10.5. The normalized spacial score (nSPS) is 13.5. The van der Waals surface area contributed by atoms with E-state index in [1.165, 1.54) is 0 Å². The van der Waals surface area contributed by atoms with Gasteiger partial charge in [0.2, 0.25) is 0 Å². The van der Waals surface area contributed by atoms with Gasteiger partial charge in [-0.25, -0.2) is 0 Å². The Morgan fingerprint density at radius 3 is 2.06 bits per heavy atom. The first-order valence-corrected chi connectivity index (χ1v) is 11.3. The van der Waals surface area contributed by atoms with Crippen LogP contribution >= 0.6 is 7.81 Å². The van der Waals surface area contributed by atoms with Gasteiger partial charge < -0.3 is 10.6 Å². The van der Waals surface area contributed by atoms with Crippen LogP contribution < -0.4 is 26.7 Å². The van der Waals surface area contributed by atoms with E-state index in [1.807, 2.05) is 42.5 Å². The molecule has 0 bridgehead atoms. The van der Waals surface area contributed by atoms with Gasteiger partial charge in [-0.05, 0) is 23.3 Å². The topological polar surface area (TPSA) is 110 Å². The standard InChI is InChI=1S/C19H23N5O2.F6P/c1-21-18(26)16-9-5-8-15(10-16)12-23-19(20)24-13-17(25)22-11-14-6-3-2-4-7-14;1-7(2,3,4,5)6/h2-10H,11-13H2,1H3,(H,21,26)(H,22,25)(H3,20,23,24);/q;-1/p+1. The molecule has 0 saturated carbocycles. The van der Waals surface area contributed by atoms with Crippen molar-refractivity contribution in [2.75, 3.05) is 13.6 Å². The van der Waals surface area contributed by atoms with Crippen molar-refractivity contribution in [1.29, 1.82) is 0 Å². The molecule has 33 heavy (non-hydrogen) atoms. The Balaban J connectivity index is 0.000000675. The Kier molecular flexibility index (Phi) is 8.83. The maximum absolute atomic E-state index is 11.8. The van der Waals surface area contributed by atoms with Gasteiger partial charge in [0, 0.05) is 19.2 Å². The molecule has 0 aliphatic carbocycles. The second-order valence-electron chi connectivity index (χ2n) is 6.62. The van der Waals surface area contributed by atoms with Gasteiger partial charge in [-0.3, -0.25) is 25.6 Å². The molecule has 0 spiro atoms. The number of amides is 2. The molecule has 2 aromatic rings. The zero-order valence-corrected chi connectivity index (χ0v) is 18.3. The number of hydrogen-bond donors (Lipinski definition) is 5. The number of rotatable bonds is 7. The fourth-order valence-electron chi connectivity index (χ4n) is 2.26. The van der Waals surface area contributed by atoms with Gasteiger partial charge in [0.25, 0.3) is 11.8 Å². The number of nitrogens with one attached hydrogen (secondary N) is 4. The Bertz CT molecular complexity index is 974. The second-order valence-corrected chi connectivity index (χ2v) is 8.54. The van der Waals surface area contributed by atoms with Gasteiger partial charge in [0.1, 0.15) is 6.54 Å². The summed E-state index contributed by atoms with van der Waals surface area (Å²) in [5.74, 6) is 0.00226. The van der Waals surface area contributed by atoms with Crippen LogP contribution in [0.2, 0.25) is 0 Å². The Hall–Kier alpha value is -3.34. The van der Waals surface area contributed by atoms with Crippen molar-refractivity contribution in [3.05, 3.63) is 71.3 Å². The SMILES string of the molecule is CNC(=O)c1cccc(C[NH+]=C(N)NCC(=O)NCc2ccccc2)c1.F[P-](F)(F)(F)(F)F. The van der Waals surface area contributed by atoms with Crippen molar-refractivity contribution in [1.82, 2.24) is 16.0 Å². The van der Waals surface area contributed by atoms with Crippen LogP contribution in [0.5, 0.6) is 0 Å². The van der Waals surface area contributed by atoms with Gasteiger partial charge in [-0.15, -0.1) is 0 Å². The average Bonchev–Trinajstić information content (AvgIpc) is 2.73. The zero-order valence-electron chi connectivity index (χ0n) is 17.4. The van der Waals surface area contributed by atoms with Crippen LogP contribution in [-0.2, 0) is 17.9 Å². The van der Waals surface area contributed by atoms with Crippen LogP contribution in [0.4, 0.5) is 25.2 Å². The van der Waals surface area contributed by atoms with Crippen LogP contribution in [-0.4, -0.2) is 31.4 Å². The molecule has 184 valence electrons. The van der Waals surface area contributed by atoms with Crippen molar-refractivity contribution in [2.24, 2.45) is 5.73 Å². The summed E-state index contributed by atoms with van der Waals surface area (Å²) >= 11 is 0.